The number of carbonyl (C=O) groups is 1. The minimum atomic E-state index is -0.329. The molecule has 0 saturated carbocycles. The Morgan fingerprint density at radius 2 is 2.05 bits per heavy atom. The van der Waals surface area contributed by atoms with Gasteiger partial charge in [0.25, 0.3) is 5.91 Å². The Balaban J connectivity index is 1.93. The number of halogens is 1. The summed E-state index contributed by atoms with van der Waals surface area (Å²) in [6.07, 6.45) is 1.59. The Morgan fingerprint density at radius 1 is 1.20 bits per heavy atom. The van der Waals surface area contributed by atoms with Crippen LogP contribution in [0.15, 0.2) is 48.7 Å². The molecule has 0 spiro atoms. The quantitative estimate of drug-likeness (QED) is 0.728. The molecule has 20 heavy (non-hydrogen) atoms. The van der Waals surface area contributed by atoms with E-state index in [0.717, 1.165) is 11.3 Å². The third-order valence-electron chi connectivity index (χ3n) is 3.16. The maximum absolute atomic E-state index is 13.1. The van der Waals surface area contributed by atoms with E-state index in [-0.39, 0.29) is 11.7 Å². The molecule has 2 aromatic carbocycles. The third kappa shape index (κ3) is 2.28. The second-order valence-electron chi connectivity index (χ2n) is 4.72. The molecule has 0 unspecified atom stereocenters. The van der Waals surface area contributed by atoms with Crippen LogP contribution < -0.4 is 5.32 Å². The number of rotatable bonds is 2. The molecule has 0 radical (unpaired) electrons. The topological polar surface area (TPSA) is 44.9 Å². The lowest BCUT2D eigenvalue weighted by atomic mass is 10.1. The summed E-state index contributed by atoms with van der Waals surface area (Å²) in [5, 5.41) is 3.54. The lowest BCUT2D eigenvalue weighted by Crippen LogP contribution is -2.11. The monoisotopic (exact) mass is 268 g/mol. The van der Waals surface area contributed by atoms with Crippen LogP contribution in [0.2, 0.25) is 0 Å². The summed E-state index contributed by atoms with van der Waals surface area (Å²) in [6.45, 7) is 1.96. The molecule has 0 aliphatic heterocycles. The Labute approximate surface area is 115 Å². The Hall–Kier alpha value is -2.62. The Bertz CT molecular complexity index is 792. The number of hydrogen-bond donors (Lipinski definition) is 2. The van der Waals surface area contributed by atoms with Crippen molar-refractivity contribution in [3.63, 3.8) is 0 Å². The van der Waals surface area contributed by atoms with Gasteiger partial charge in [-0.25, -0.2) is 4.39 Å². The van der Waals surface area contributed by atoms with E-state index in [1.54, 1.807) is 12.3 Å². The van der Waals surface area contributed by atoms with Crippen LogP contribution in [0.4, 0.5) is 10.1 Å². The highest BCUT2D eigenvalue weighted by atomic mass is 19.1. The van der Waals surface area contributed by atoms with Gasteiger partial charge in [-0.15, -0.1) is 0 Å². The fraction of sp³-hybridized carbons (Fsp3) is 0.0625. The van der Waals surface area contributed by atoms with Crippen molar-refractivity contribution in [2.24, 2.45) is 0 Å². The van der Waals surface area contributed by atoms with Gasteiger partial charge >= 0.3 is 0 Å². The molecule has 1 heterocycles. The number of carbonyl (C=O) groups excluding carboxylic acids is 1. The molecular weight excluding hydrogens is 255 g/mol. The molecule has 3 rings (SSSR count). The van der Waals surface area contributed by atoms with E-state index in [1.807, 2.05) is 31.2 Å². The van der Waals surface area contributed by atoms with Gasteiger partial charge in [0.2, 0.25) is 0 Å². The van der Waals surface area contributed by atoms with Crippen molar-refractivity contribution in [2.45, 2.75) is 6.92 Å². The lowest BCUT2D eigenvalue weighted by Gasteiger charge is -2.05. The van der Waals surface area contributed by atoms with Crippen LogP contribution in [-0.2, 0) is 0 Å². The maximum atomic E-state index is 13.1. The molecule has 0 fully saturated rings. The summed E-state index contributed by atoms with van der Waals surface area (Å²) in [7, 11) is 0. The van der Waals surface area contributed by atoms with Crippen molar-refractivity contribution in [3.05, 3.63) is 65.6 Å². The lowest BCUT2D eigenvalue weighted by molar-refractivity contribution is 0.102. The van der Waals surface area contributed by atoms with Crippen molar-refractivity contribution in [1.29, 1.82) is 0 Å². The maximum Gasteiger partial charge on any atom is 0.257 e. The van der Waals surface area contributed by atoms with Gasteiger partial charge in [0.05, 0.1) is 5.56 Å². The average Bonchev–Trinajstić information content (AvgIpc) is 2.81. The number of aryl methyl sites for hydroxylation is 1. The number of aromatic amines is 1. The second-order valence-corrected chi connectivity index (χ2v) is 4.72. The molecule has 3 aromatic rings. The number of H-pyrrole nitrogens is 1. The molecular formula is C16H13FN2O. The molecule has 0 saturated heterocycles. The first-order valence-electron chi connectivity index (χ1n) is 6.28. The molecule has 0 bridgehead atoms. The summed E-state index contributed by atoms with van der Waals surface area (Å²) in [6, 6.07) is 11.9. The highest BCUT2D eigenvalue weighted by molar-refractivity contribution is 6.12. The predicted molar refractivity (Wildman–Crippen MR) is 77.4 cm³/mol. The number of amides is 1. The molecule has 4 heteroatoms. The first-order valence-corrected chi connectivity index (χ1v) is 6.28. The first-order chi connectivity index (χ1) is 9.63. The van der Waals surface area contributed by atoms with Crippen LogP contribution in [-0.4, -0.2) is 10.9 Å². The second kappa shape index (κ2) is 4.81. The predicted octanol–water partition coefficient (Wildman–Crippen LogP) is 3.87. The van der Waals surface area contributed by atoms with Crippen LogP contribution in [0.3, 0.4) is 0 Å². The normalized spacial score (nSPS) is 10.7. The molecule has 0 atom stereocenters. The van der Waals surface area contributed by atoms with Crippen LogP contribution >= 0.6 is 0 Å². The number of aromatic nitrogens is 1. The van der Waals surface area contributed by atoms with Crippen molar-refractivity contribution in [1.82, 2.24) is 4.98 Å². The summed E-state index contributed by atoms with van der Waals surface area (Å²) in [5.41, 5.74) is 2.93. The van der Waals surface area contributed by atoms with Crippen LogP contribution in [0, 0.1) is 12.7 Å². The molecule has 100 valence electrons. The zero-order valence-corrected chi connectivity index (χ0v) is 10.9. The van der Waals surface area contributed by atoms with E-state index in [9.17, 15) is 9.18 Å². The van der Waals surface area contributed by atoms with Crippen LogP contribution in [0.5, 0.6) is 0 Å². The third-order valence-corrected chi connectivity index (χ3v) is 3.16. The Kier molecular flexibility index (Phi) is 2.99. The summed E-state index contributed by atoms with van der Waals surface area (Å²) >= 11 is 0. The molecule has 0 aliphatic rings. The molecule has 2 N–H and O–H groups in total. The number of nitrogens with one attached hydrogen (secondary N) is 2. The van der Waals surface area contributed by atoms with Gasteiger partial charge in [-0.05, 0) is 42.8 Å². The van der Waals surface area contributed by atoms with Crippen LogP contribution in [0.1, 0.15) is 15.9 Å². The van der Waals surface area contributed by atoms with Gasteiger partial charge in [0, 0.05) is 22.8 Å². The summed E-state index contributed by atoms with van der Waals surface area (Å²) in [5.74, 6) is -0.543. The molecule has 3 nitrogen and oxygen atoms in total. The van der Waals surface area contributed by atoms with E-state index in [1.165, 1.54) is 12.1 Å². The first kappa shape index (κ1) is 12.4. The SMILES string of the molecule is Cc1cccc(NC(=O)c2c[nH]c3cc(F)ccc23)c1. The molecule has 1 amide bonds. The minimum absolute atomic E-state index is 0.214. The van der Waals surface area contributed by atoms with Gasteiger partial charge < -0.3 is 10.3 Å². The Morgan fingerprint density at radius 3 is 2.85 bits per heavy atom. The average molecular weight is 268 g/mol. The van der Waals surface area contributed by atoms with E-state index in [0.29, 0.717) is 16.5 Å². The standard InChI is InChI=1S/C16H13FN2O/c1-10-3-2-4-12(7-10)19-16(20)14-9-18-15-8-11(17)5-6-13(14)15/h2-9,18H,1H3,(H,19,20). The van der Waals surface area contributed by atoms with Crippen molar-refractivity contribution >= 4 is 22.5 Å². The van der Waals surface area contributed by atoms with Gasteiger partial charge in [-0.2, -0.15) is 0 Å². The molecule has 0 aliphatic carbocycles. The van der Waals surface area contributed by atoms with E-state index in [4.69, 9.17) is 0 Å². The van der Waals surface area contributed by atoms with E-state index in [2.05, 4.69) is 10.3 Å². The summed E-state index contributed by atoms with van der Waals surface area (Å²) in [4.78, 5) is 15.2. The van der Waals surface area contributed by atoms with E-state index >= 15 is 0 Å². The zero-order chi connectivity index (χ0) is 14.1. The highest BCUT2D eigenvalue weighted by Crippen LogP contribution is 2.20. The zero-order valence-electron chi connectivity index (χ0n) is 10.9. The van der Waals surface area contributed by atoms with Crippen molar-refractivity contribution in [3.8, 4) is 0 Å². The summed E-state index contributed by atoms with van der Waals surface area (Å²) < 4.78 is 13.1. The number of benzene rings is 2. The minimum Gasteiger partial charge on any atom is -0.360 e. The van der Waals surface area contributed by atoms with Gasteiger partial charge in [-0.1, -0.05) is 12.1 Å². The number of hydrogen-bond acceptors (Lipinski definition) is 1. The fourth-order valence-electron chi connectivity index (χ4n) is 2.21. The van der Waals surface area contributed by atoms with E-state index < -0.39 is 0 Å². The largest absolute Gasteiger partial charge is 0.360 e. The van der Waals surface area contributed by atoms with Crippen molar-refractivity contribution in [2.75, 3.05) is 5.32 Å². The van der Waals surface area contributed by atoms with Gasteiger partial charge in [0.15, 0.2) is 0 Å². The van der Waals surface area contributed by atoms with Crippen LogP contribution in [0.25, 0.3) is 10.9 Å². The fourth-order valence-corrected chi connectivity index (χ4v) is 2.21. The smallest absolute Gasteiger partial charge is 0.257 e. The molecule has 1 aromatic heterocycles. The number of anilines is 1. The number of fused-ring (bicyclic) bond motifs is 1. The van der Waals surface area contributed by atoms with Gasteiger partial charge in [0.1, 0.15) is 5.82 Å². The van der Waals surface area contributed by atoms with Crippen molar-refractivity contribution < 1.29 is 9.18 Å². The van der Waals surface area contributed by atoms with Gasteiger partial charge in [-0.3, -0.25) is 4.79 Å². The highest BCUT2D eigenvalue weighted by Gasteiger charge is 2.12.